The average molecular weight is 415 g/mol. The second-order valence-corrected chi connectivity index (χ2v) is 9.39. The fraction of sp³-hybridized carbons (Fsp3) is 0.364. The highest BCUT2D eigenvalue weighted by Crippen LogP contribution is 2.37. The summed E-state index contributed by atoms with van der Waals surface area (Å²) in [5.41, 5.74) is 3.26. The summed E-state index contributed by atoms with van der Waals surface area (Å²) in [5.74, 6) is 1.53. The van der Waals surface area contributed by atoms with Crippen LogP contribution in [-0.4, -0.2) is 45.0 Å². The zero-order valence-electron chi connectivity index (χ0n) is 16.9. The van der Waals surface area contributed by atoms with E-state index in [1.807, 2.05) is 37.4 Å². The van der Waals surface area contributed by atoms with E-state index in [0.29, 0.717) is 24.8 Å². The summed E-state index contributed by atoms with van der Waals surface area (Å²) in [6.45, 7) is 2.89. The fourth-order valence-corrected chi connectivity index (χ4v) is 5.73. The lowest BCUT2D eigenvalue weighted by Gasteiger charge is -2.31. The van der Waals surface area contributed by atoms with E-state index in [0.717, 1.165) is 35.1 Å². The van der Waals surface area contributed by atoms with Crippen LogP contribution in [0.1, 0.15) is 29.9 Å². The molecule has 2 aromatic carbocycles. The Morgan fingerprint density at radius 1 is 1.03 bits per heavy atom. The molecule has 1 N–H and O–H groups in total. The maximum Gasteiger partial charge on any atom is 0.246 e. The van der Waals surface area contributed by atoms with Crippen LogP contribution in [-0.2, 0) is 10.0 Å². The van der Waals surface area contributed by atoms with Gasteiger partial charge in [0.15, 0.2) is 0 Å². The second-order valence-electron chi connectivity index (χ2n) is 7.49. The molecule has 4 rings (SSSR count). The third-order valence-corrected chi connectivity index (χ3v) is 7.69. The highest BCUT2D eigenvalue weighted by molar-refractivity contribution is 7.89. The van der Waals surface area contributed by atoms with Crippen LogP contribution in [0.5, 0.6) is 11.5 Å². The molecule has 29 heavy (non-hydrogen) atoms. The van der Waals surface area contributed by atoms with E-state index in [-0.39, 0.29) is 4.90 Å². The van der Waals surface area contributed by atoms with Crippen LogP contribution in [0.4, 0.5) is 0 Å². The molecule has 1 aromatic heterocycles. The van der Waals surface area contributed by atoms with E-state index in [9.17, 15) is 8.42 Å². The predicted octanol–water partition coefficient (Wildman–Crippen LogP) is 4.06. The Balaban J connectivity index is 1.55. The molecule has 3 aromatic rings. The number of rotatable bonds is 5. The van der Waals surface area contributed by atoms with Crippen molar-refractivity contribution in [2.45, 2.75) is 30.6 Å². The SMILES string of the molecule is COc1ccc2[nH]cc(C3CCN(S(=O)(=O)c4ccc(C)cc4OC)CC3)c2c1. The minimum Gasteiger partial charge on any atom is -0.497 e. The zero-order chi connectivity index (χ0) is 20.6. The summed E-state index contributed by atoms with van der Waals surface area (Å²) in [5, 5.41) is 1.14. The number of nitrogens with one attached hydrogen (secondary N) is 1. The molecule has 0 bridgehead atoms. The number of aromatic nitrogens is 1. The van der Waals surface area contributed by atoms with Crippen LogP contribution in [0.2, 0.25) is 0 Å². The summed E-state index contributed by atoms with van der Waals surface area (Å²) >= 11 is 0. The van der Waals surface area contributed by atoms with Gasteiger partial charge in [-0.05, 0) is 67.1 Å². The minimum absolute atomic E-state index is 0.237. The lowest BCUT2D eigenvalue weighted by molar-refractivity contribution is 0.318. The van der Waals surface area contributed by atoms with Crippen molar-refractivity contribution in [3.63, 3.8) is 0 Å². The molecular weight excluding hydrogens is 388 g/mol. The molecule has 0 unspecified atom stereocenters. The normalized spacial score (nSPS) is 16.2. The van der Waals surface area contributed by atoms with Crippen LogP contribution >= 0.6 is 0 Å². The highest BCUT2D eigenvalue weighted by Gasteiger charge is 2.32. The van der Waals surface area contributed by atoms with Crippen LogP contribution < -0.4 is 9.47 Å². The smallest absolute Gasteiger partial charge is 0.246 e. The minimum atomic E-state index is -3.59. The number of ether oxygens (including phenoxy) is 2. The number of aryl methyl sites for hydroxylation is 1. The monoisotopic (exact) mass is 414 g/mol. The first-order valence-electron chi connectivity index (χ1n) is 9.74. The van der Waals surface area contributed by atoms with Crippen molar-refractivity contribution in [2.24, 2.45) is 0 Å². The van der Waals surface area contributed by atoms with Crippen LogP contribution in [0.25, 0.3) is 10.9 Å². The zero-order valence-corrected chi connectivity index (χ0v) is 17.8. The molecule has 2 heterocycles. The van der Waals surface area contributed by atoms with Crippen LogP contribution in [0, 0.1) is 6.92 Å². The van der Waals surface area contributed by atoms with Crippen molar-refractivity contribution in [3.8, 4) is 11.5 Å². The Bertz CT molecular complexity index is 1130. The highest BCUT2D eigenvalue weighted by atomic mass is 32.2. The number of H-pyrrole nitrogens is 1. The van der Waals surface area contributed by atoms with Crippen molar-refractivity contribution in [3.05, 3.63) is 53.7 Å². The molecule has 0 radical (unpaired) electrons. The third-order valence-electron chi connectivity index (χ3n) is 5.75. The number of fused-ring (bicyclic) bond motifs is 1. The lowest BCUT2D eigenvalue weighted by Crippen LogP contribution is -2.38. The van der Waals surface area contributed by atoms with Crippen LogP contribution in [0.15, 0.2) is 47.5 Å². The summed E-state index contributed by atoms with van der Waals surface area (Å²) in [6, 6.07) is 11.2. The number of methoxy groups -OCH3 is 2. The topological polar surface area (TPSA) is 71.6 Å². The number of piperidine rings is 1. The van der Waals surface area contributed by atoms with Crippen LogP contribution in [0.3, 0.4) is 0 Å². The summed E-state index contributed by atoms with van der Waals surface area (Å²) < 4.78 is 38.6. The maximum absolute atomic E-state index is 13.2. The number of nitrogens with zero attached hydrogens (tertiary/aromatic N) is 1. The predicted molar refractivity (Wildman–Crippen MR) is 113 cm³/mol. The number of benzene rings is 2. The summed E-state index contributed by atoms with van der Waals surface area (Å²) in [7, 11) is -0.418. The lowest BCUT2D eigenvalue weighted by atomic mass is 9.90. The Labute approximate surface area is 171 Å². The Morgan fingerprint density at radius 3 is 2.48 bits per heavy atom. The van der Waals surface area contributed by atoms with E-state index >= 15 is 0 Å². The molecule has 0 atom stereocenters. The maximum atomic E-state index is 13.2. The van der Waals surface area contributed by atoms with Crippen molar-refractivity contribution in [2.75, 3.05) is 27.3 Å². The van der Waals surface area contributed by atoms with Gasteiger partial charge in [-0.25, -0.2) is 8.42 Å². The molecule has 1 aliphatic heterocycles. The molecule has 0 saturated carbocycles. The van der Waals surface area contributed by atoms with E-state index in [2.05, 4.69) is 4.98 Å². The standard InChI is InChI=1S/C22H26N2O4S/c1-15-4-7-22(21(12-15)28-3)29(25,26)24-10-8-16(9-11-24)19-14-23-20-6-5-17(27-2)13-18(19)20/h4-7,12-14,16,23H,8-11H2,1-3H3. The Kier molecular flexibility index (Phi) is 5.27. The first-order valence-corrected chi connectivity index (χ1v) is 11.2. The second kappa shape index (κ2) is 7.72. The average Bonchev–Trinajstić information content (AvgIpc) is 3.16. The van der Waals surface area contributed by atoms with Gasteiger partial charge in [-0.3, -0.25) is 0 Å². The first-order chi connectivity index (χ1) is 13.9. The number of sulfonamides is 1. The van der Waals surface area contributed by atoms with E-state index in [1.165, 1.54) is 12.7 Å². The molecule has 0 amide bonds. The van der Waals surface area contributed by atoms with Gasteiger partial charge in [0.2, 0.25) is 10.0 Å². The Hall–Kier alpha value is -2.51. The summed E-state index contributed by atoms with van der Waals surface area (Å²) in [4.78, 5) is 3.56. The molecule has 1 saturated heterocycles. The first kappa shape index (κ1) is 19.8. The van der Waals surface area contributed by atoms with Gasteiger partial charge in [0.1, 0.15) is 16.4 Å². The molecule has 1 fully saturated rings. The third kappa shape index (κ3) is 3.60. The van der Waals surface area contributed by atoms with Gasteiger partial charge in [0, 0.05) is 30.2 Å². The largest absolute Gasteiger partial charge is 0.497 e. The van der Waals surface area contributed by atoms with Gasteiger partial charge in [-0.15, -0.1) is 0 Å². The fourth-order valence-electron chi connectivity index (χ4n) is 4.12. The number of hydrogen-bond acceptors (Lipinski definition) is 4. The van der Waals surface area contributed by atoms with Crippen molar-refractivity contribution in [1.29, 1.82) is 0 Å². The van der Waals surface area contributed by atoms with Gasteiger partial charge in [0.25, 0.3) is 0 Å². The van der Waals surface area contributed by atoms with Gasteiger partial charge < -0.3 is 14.5 Å². The van der Waals surface area contributed by atoms with Crippen molar-refractivity contribution in [1.82, 2.24) is 9.29 Å². The van der Waals surface area contributed by atoms with Gasteiger partial charge in [-0.2, -0.15) is 4.31 Å². The molecule has 0 spiro atoms. The Morgan fingerprint density at radius 2 is 1.79 bits per heavy atom. The van der Waals surface area contributed by atoms with E-state index < -0.39 is 10.0 Å². The number of hydrogen-bond donors (Lipinski definition) is 1. The molecule has 7 heteroatoms. The molecular formula is C22H26N2O4S. The van der Waals surface area contributed by atoms with Gasteiger partial charge >= 0.3 is 0 Å². The molecule has 1 aliphatic rings. The molecule has 0 aliphatic carbocycles. The van der Waals surface area contributed by atoms with E-state index in [1.54, 1.807) is 23.5 Å². The van der Waals surface area contributed by atoms with Crippen molar-refractivity contribution < 1.29 is 17.9 Å². The van der Waals surface area contributed by atoms with Gasteiger partial charge in [0.05, 0.1) is 14.2 Å². The number of aromatic amines is 1. The molecule has 6 nitrogen and oxygen atoms in total. The van der Waals surface area contributed by atoms with Crippen molar-refractivity contribution >= 4 is 20.9 Å². The molecule has 154 valence electrons. The summed E-state index contributed by atoms with van der Waals surface area (Å²) in [6.07, 6.45) is 3.59. The quantitative estimate of drug-likeness (QED) is 0.683. The van der Waals surface area contributed by atoms with Gasteiger partial charge in [-0.1, -0.05) is 6.07 Å². The van der Waals surface area contributed by atoms with E-state index in [4.69, 9.17) is 9.47 Å².